The number of hydrogen-bond acceptors (Lipinski definition) is 3. The number of benzene rings is 1. The van der Waals surface area contributed by atoms with Crippen LogP contribution in [-0.2, 0) is 0 Å². The normalized spacial score (nSPS) is 12.2. The van der Waals surface area contributed by atoms with Crippen LogP contribution in [0.2, 0.25) is 0 Å². The lowest BCUT2D eigenvalue weighted by Gasteiger charge is -2.16. The average molecular weight is 209 g/mol. The van der Waals surface area contributed by atoms with Crippen LogP contribution in [0.4, 0.5) is 5.69 Å². The molecule has 15 heavy (non-hydrogen) atoms. The van der Waals surface area contributed by atoms with Crippen LogP contribution in [0.5, 0.6) is 11.5 Å². The zero-order valence-electron chi connectivity index (χ0n) is 9.62. The second kappa shape index (κ2) is 5.49. The van der Waals surface area contributed by atoms with Crippen LogP contribution in [0, 0.1) is 0 Å². The van der Waals surface area contributed by atoms with E-state index >= 15 is 0 Å². The Balaban J connectivity index is 2.84. The van der Waals surface area contributed by atoms with E-state index in [9.17, 15) is 0 Å². The van der Waals surface area contributed by atoms with Crippen molar-refractivity contribution in [2.45, 2.75) is 33.3 Å². The summed E-state index contributed by atoms with van der Waals surface area (Å²) in [6, 6.07) is 5.60. The van der Waals surface area contributed by atoms with Crippen molar-refractivity contribution in [3.63, 3.8) is 0 Å². The van der Waals surface area contributed by atoms with E-state index in [-0.39, 0.29) is 6.10 Å². The molecule has 0 radical (unpaired) electrons. The first kappa shape index (κ1) is 11.7. The molecule has 1 unspecified atom stereocenters. The van der Waals surface area contributed by atoms with E-state index in [2.05, 4.69) is 6.92 Å². The van der Waals surface area contributed by atoms with E-state index in [0.717, 1.165) is 6.42 Å². The molecule has 0 bridgehead atoms. The number of rotatable bonds is 5. The number of anilines is 1. The summed E-state index contributed by atoms with van der Waals surface area (Å²) >= 11 is 0. The predicted octanol–water partition coefficient (Wildman–Crippen LogP) is 2.84. The maximum absolute atomic E-state index is 5.92. The molecule has 3 heteroatoms. The third-order valence-corrected chi connectivity index (χ3v) is 2.23. The molecular weight excluding hydrogens is 190 g/mol. The van der Waals surface area contributed by atoms with Crippen molar-refractivity contribution in [2.75, 3.05) is 12.3 Å². The lowest BCUT2D eigenvalue weighted by molar-refractivity contribution is 0.217. The summed E-state index contributed by atoms with van der Waals surface area (Å²) in [7, 11) is 0. The minimum Gasteiger partial charge on any atom is -0.492 e. The molecule has 0 aliphatic rings. The summed E-state index contributed by atoms with van der Waals surface area (Å²) in [5.41, 5.74) is 6.51. The zero-order valence-corrected chi connectivity index (χ0v) is 9.62. The topological polar surface area (TPSA) is 44.5 Å². The molecular formula is C12H19NO2. The summed E-state index contributed by atoms with van der Waals surface area (Å²) in [6.45, 7) is 6.64. The van der Waals surface area contributed by atoms with Gasteiger partial charge in [-0.15, -0.1) is 0 Å². The van der Waals surface area contributed by atoms with E-state index in [0.29, 0.717) is 23.8 Å². The van der Waals surface area contributed by atoms with Crippen LogP contribution in [0.1, 0.15) is 27.2 Å². The Labute approximate surface area is 91.2 Å². The quantitative estimate of drug-likeness (QED) is 0.758. The van der Waals surface area contributed by atoms with Crippen LogP contribution in [-0.4, -0.2) is 12.7 Å². The molecule has 0 heterocycles. The molecule has 1 rings (SSSR count). The lowest BCUT2D eigenvalue weighted by atomic mass is 10.2. The Morgan fingerprint density at radius 3 is 2.53 bits per heavy atom. The Morgan fingerprint density at radius 2 is 1.93 bits per heavy atom. The fraction of sp³-hybridized carbons (Fsp3) is 0.500. The number of nitrogen functional groups attached to an aromatic ring is 1. The van der Waals surface area contributed by atoms with Crippen molar-refractivity contribution in [1.82, 2.24) is 0 Å². The van der Waals surface area contributed by atoms with Gasteiger partial charge in [0.2, 0.25) is 0 Å². The first-order valence-corrected chi connectivity index (χ1v) is 5.37. The maximum Gasteiger partial charge on any atom is 0.146 e. The monoisotopic (exact) mass is 209 g/mol. The fourth-order valence-electron chi connectivity index (χ4n) is 1.21. The van der Waals surface area contributed by atoms with Crippen molar-refractivity contribution in [3.05, 3.63) is 18.2 Å². The zero-order chi connectivity index (χ0) is 11.3. The first-order chi connectivity index (χ1) is 7.19. The molecule has 0 saturated heterocycles. The number of hydrogen-bond donors (Lipinski definition) is 1. The van der Waals surface area contributed by atoms with Crippen LogP contribution >= 0.6 is 0 Å². The van der Waals surface area contributed by atoms with Crippen molar-refractivity contribution in [2.24, 2.45) is 0 Å². The van der Waals surface area contributed by atoms with Crippen molar-refractivity contribution in [1.29, 1.82) is 0 Å². The van der Waals surface area contributed by atoms with Gasteiger partial charge in [0, 0.05) is 0 Å². The summed E-state index contributed by atoms with van der Waals surface area (Å²) < 4.78 is 11.1. The standard InChI is InChI=1S/C12H19NO2/c1-4-9(3)15-11-8-6-7-10(12(11)13)14-5-2/h6-9H,4-5,13H2,1-3H3. The van der Waals surface area contributed by atoms with Crippen molar-refractivity contribution < 1.29 is 9.47 Å². The van der Waals surface area contributed by atoms with E-state index in [1.165, 1.54) is 0 Å². The number of ether oxygens (including phenoxy) is 2. The highest BCUT2D eigenvalue weighted by atomic mass is 16.5. The highest BCUT2D eigenvalue weighted by Crippen LogP contribution is 2.32. The molecule has 0 spiro atoms. The molecule has 1 atom stereocenters. The van der Waals surface area contributed by atoms with E-state index in [1.54, 1.807) is 0 Å². The van der Waals surface area contributed by atoms with Gasteiger partial charge in [0.1, 0.15) is 17.2 Å². The molecule has 0 amide bonds. The summed E-state index contributed by atoms with van der Waals surface area (Å²) in [5.74, 6) is 1.40. The molecule has 0 aliphatic carbocycles. The predicted molar refractivity (Wildman–Crippen MR) is 62.4 cm³/mol. The average Bonchev–Trinajstić information content (AvgIpc) is 2.24. The third-order valence-electron chi connectivity index (χ3n) is 2.23. The maximum atomic E-state index is 5.92. The van der Waals surface area contributed by atoms with Gasteiger partial charge in [0.15, 0.2) is 0 Å². The molecule has 0 aromatic heterocycles. The van der Waals surface area contributed by atoms with Gasteiger partial charge in [-0.25, -0.2) is 0 Å². The molecule has 0 fully saturated rings. The Bertz CT molecular complexity index is 312. The molecule has 0 saturated carbocycles. The Kier molecular flexibility index (Phi) is 4.28. The van der Waals surface area contributed by atoms with Gasteiger partial charge >= 0.3 is 0 Å². The lowest BCUT2D eigenvalue weighted by Crippen LogP contribution is -2.11. The van der Waals surface area contributed by atoms with Crippen LogP contribution in [0.25, 0.3) is 0 Å². The summed E-state index contributed by atoms with van der Waals surface area (Å²) in [4.78, 5) is 0. The first-order valence-electron chi connectivity index (χ1n) is 5.37. The van der Waals surface area contributed by atoms with Gasteiger partial charge in [-0.2, -0.15) is 0 Å². The van der Waals surface area contributed by atoms with Crippen molar-refractivity contribution >= 4 is 5.69 Å². The minimum absolute atomic E-state index is 0.171. The molecule has 3 nitrogen and oxygen atoms in total. The van der Waals surface area contributed by atoms with Gasteiger partial charge in [0.25, 0.3) is 0 Å². The smallest absolute Gasteiger partial charge is 0.146 e. The SMILES string of the molecule is CCOc1cccc(OC(C)CC)c1N. The molecule has 1 aromatic carbocycles. The van der Waals surface area contributed by atoms with Gasteiger partial charge in [-0.05, 0) is 32.4 Å². The van der Waals surface area contributed by atoms with Crippen LogP contribution in [0.3, 0.4) is 0 Å². The third kappa shape index (κ3) is 3.05. The molecule has 2 N–H and O–H groups in total. The van der Waals surface area contributed by atoms with Crippen LogP contribution < -0.4 is 15.2 Å². The minimum atomic E-state index is 0.171. The second-order valence-electron chi connectivity index (χ2n) is 3.44. The number of nitrogens with two attached hydrogens (primary N) is 1. The highest BCUT2D eigenvalue weighted by molar-refractivity contribution is 5.62. The van der Waals surface area contributed by atoms with Gasteiger partial charge < -0.3 is 15.2 Å². The van der Waals surface area contributed by atoms with E-state index in [1.807, 2.05) is 32.0 Å². The van der Waals surface area contributed by atoms with E-state index in [4.69, 9.17) is 15.2 Å². The van der Waals surface area contributed by atoms with E-state index < -0.39 is 0 Å². The molecule has 0 aliphatic heterocycles. The molecule has 1 aromatic rings. The van der Waals surface area contributed by atoms with Gasteiger partial charge in [-0.1, -0.05) is 13.0 Å². The Morgan fingerprint density at radius 1 is 1.27 bits per heavy atom. The highest BCUT2D eigenvalue weighted by Gasteiger charge is 2.08. The fourth-order valence-corrected chi connectivity index (χ4v) is 1.21. The number of para-hydroxylation sites is 1. The Hall–Kier alpha value is -1.38. The van der Waals surface area contributed by atoms with Gasteiger partial charge in [0.05, 0.1) is 12.7 Å². The van der Waals surface area contributed by atoms with Gasteiger partial charge in [-0.3, -0.25) is 0 Å². The molecule has 84 valence electrons. The summed E-state index contributed by atoms with van der Waals surface area (Å²) in [5, 5.41) is 0. The van der Waals surface area contributed by atoms with Crippen molar-refractivity contribution in [3.8, 4) is 11.5 Å². The largest absolute Gasteiger partial charge is 0.492 e. The summed E-state index contributed by atoms with van der Waals surface area (Å²) in [6.07, 6.45) is 1.13. The van der Waals surface area contributed by atoms with Crippen LogP contribution in [0.15, 0.2) is 18.2 Å². The second-order valence-corrected chi connectivity index (χ2v) is 3.44.